The minimum atomic E-state index is -0.292. The van der Waals surface area contributed by atoms with Crippen LogP contribution in [0.3, 0.4) is 0 Å². The highest BCUT2D eigenvalue weighted by Gasteiger charge is 2.23. The number of piperidine rings is 1. The highest BCUT2D eigenvalue weighted by atomic mass is 19.1. The van der Waals surface area contributed by atoms with Crippen LogP contribution in [-0.4, -0.2) is 23.4 Å². The van der Waals surface area contributed by atoms with Crippen LogP contribution in [0.1, 0.15) is 29.6 Å². The van der Waals surface area contributed by atoms with Gasteiger partial charge in [-0.2, -0.15) is 0 Å². The van der Waals surface area contributed by atoms with Crippen molar-refractivity contribution in [3.63, 3.8) is 0 Å². The molecule has 1 fully saturated rings. The summed E-state index contributed by atoms with van der Waals surface area (Å²) >= 11 is 0. The minimum Gasteiger partial charge on any atom is -0.360 e. The molecule has 1 saturated heterocycles. The maximum absolute atomic E-state index is 13.1. The molecular weight excluding hydrogens is 231 g/mol. The van der Waals surface area contributed by atoms with Crippen LogP contribution < -0.4 is 5.32 Å². The predicted molar refractivity (Wildman–Crippen MR) is 68.2 cm³/mol. The number of benzene rings is 1. The van der Waals surface area contributed by atoms with Crippen molar-refractivity contribution < 1.29 is 9.18 Å². The summed E-state index contributed by atoms with van der Waals surface area (Å²) in [6.07, 6.45) is 4.78. The van der Waals surface area contributed by atoms with Gasteiger partial charge >= 0.3 is 0 Å². The second-order valence-corrected chi connectivity index (χ2v) is 4.76. The number of hydrogen-bond acceptors (Lipinski definition) is 2. The molecule has 0 saturated carbocycles. The van der Waals surface area contributed by atoms with Crippen LogP contribution in [0, 0.1) is 5.82 Å². The number of Topliss-reactive ketones (excluding diaryl/α,β-unsaturated/α-hetero) is 1. The predicted octanol–water partition coefficient (Wildman–Crippen LogP) is 2.63. The SMILES string of the molecule is O=C(c1c[nH]c2cc(F)ccc12)C1CCCCN1. The largest absolute Gasteiger partial charge is 0.360 e. The van der Waals surface area contributed by atoms with Gasteiger partial charge in [0.15, 0.2) is 5.78 Å². The van der Waals surface area contributed by atoms with Crippen molar-refractivity contribution in [2.45, 2.75) is 25.3 Å². The molecule has 3 nitrogen and oxygen atoms in total. The van der Waals surface area contributed by atoms with Crippen molar-refractivity contribution in [2.24, 2.45) is 0 Å². The van der Waals surface area contributed by atoms with E-state index in [1.54, 1.807) is 12.3 Å². The Bertz CT molecular complexity index is 584. The maximum atomic E-state index is 13.1. The highest BCUT2D eigenvalue weighted by Crippen LogP contribution is 2.22. The third-order valence-electron chi connectivity index (χ3n) is 3.54. The van der Waals surface area contributed by atoms with E-state index in [1.165, 1.54) is 12.1 Å². The molecular formula is C14H15FN2O. The molecule has 4 heteroatoms. The van der Waals surface area contributed by atoms with Crippen LogP contribution in [0.15, 0.2) is 24.4 Å². The van der Waals surface area contributed by atoms with Gasteiger partial charge in [0, 0.05) is 22.7 Å². The molecule has 1 aromatic carbocycles. The Morgan fingerprint density at radius 3 is 3.00 bits per heavy atom. The first-order chi connectivity index (χ1) is 8.75. The molecule has 18 heavy (non-hydrogen) atoms. The Labute approximate surface area is 104 Å². The molecule has 1 atom stereocenters. The number of ketones is 1. The van der Waals surface area contributed by atoms with E-state index in [1.807, 2.05) is 0 Å². The van der Waals surface area contributed by atoms with E-state index in [9.17, 15) is 9.18 Å². The topological polar surface area (TPSA) is 44.9 Å². The van der Waals surface area contributed by atoms with Gasteiger partial charge in [-0.1, -0.05) is 6.42 Å². The summed E-state index contributed by atoms with van der Waals surface area (Å²) < 4.78 is 13.1. The Hall–Kier alpha value is -1.68. The molecule has 1 aliphatic rings. The lowest BCUT2D eigenvalue weighted by atomic mass is 9.96. The molecule has 0 aliphatic carbocycles. The van der Waals surface area contributed by atoms with Crippen LogP contribution >= 0.6 is 0 Å². The van der Waals surface area contributed by atoms with Crippen molar-refractivity contribution in [2.75, 3.05) is 6.54 Å². The average molecular weight is 246 g/mol. The zero-order valence-corrected chi connectivity index (χ0v) is 10.0. The van der Waals surface area contributed by atoms with E-state index in [2.05, 4.69) is 10.3 Å². The van der Waals surface area contributed by atoms with Crippen molar-refractivity contribution in [3.8, 4) is 0 Å². The number of rotatable bonds is 2. The van der Waals surface area contributed by atoms with Gasteiger partial charge in [0.25, 0.3) is 0 Å². The van der Waals surface area contributed by atoms with Gasteiger partial charge in [-0.25, -0.2) is 4.39 Å². The van der Waals surface area contributed by atoms with E-state index >= 15 is 0 Å². The fourth-order valence-corrected chi connectivity index (χ4v) is 2.57. The lowest BCUT2D eigenvalue weighted by Gasteiger charge is -2.21. The molecule has 0 bridgehead atoms. The number of H-pyrrole nitrogens is 1. The second kappa shape index (κ2) is 4.53. The van der Waals surface area contributed by atoms with Crippen molar-refractivity contribution in [1.82, 2.24) is 10.3 Å². The van der Waals surface area contributed by atoms with E-state index in [4.69, 9.17) is 0 Å². The first-order valence-electron chi connectivity index (χ1n) is 6.30. The molecule has 94 valence electrons. The molecule has 0 spiro atoms. The molecule has 0 amide bonds. The monoisotopic (exact) mass is 246 g/mol. The molecule has 1 unspecified atom stereocenters. The molecule has 1 aromatic heterocycles. The van der Waals surface area contributed by atoms with Crippen LogP contribution in [0.4, 0.5) is 4.39 Å². The van der Waals surface area contributed by atoms with Crippen molar-refractivity contribution in [3.05, 3.63) is 35.8 Å². The third-order valence-corrected chi connectivity index (χ3v) is 3.54. The maximum Gasteiger partial charge on any atom is 0.181 e. The highest BCUT2D eigenvalue weighted by molar-refractivity contribution is 6.10. The lowest BCUT2D eigenvalue weighted by Crippen LogP contribution is -2.40. The lowest BCUT2D eigenvalue weighted by molar-refractivity contribution is 0.0929. The molecule has 0 radical (unpaired) electrons. The summed E-state index contributed by atoms with van der Waals surface area (Å²) in [7, 11) is 0. The van der Waals surface area contributed by atoms with Crippen LogP contribution in [-0.2, 0) is 0 Å². The van der Waals surface area contributed by atoms with E-state index in [-0.39, 0.29) is 17.6 Å². The summed E-state index contributed by atoms with van der Waals surface area (Å²) in [5.74, 6) is -0.188. The molecule has 2 N–H and O–H groups in total. The van der Waals surface area contributed by atoms with Gasteiger partial charge in [0.2, 0.25) is 0 Å². The van der Waals surface area contributed by atoms with E-state index in [0.29, 0.717) is 11.1 Å². The van der Waals surface area contributed by atoms with Crippen LogP contribution in [0.5, 0.6) is 0 Å². The van der Waals surface area contributed by atoms with Crippen molar-refractivity contribution in [1.29, 1.82) is 0 Å². The average Bonchev–Trinajstić information content (AvgIpc) is 2.81. The number of carbonyl (C=O) groups is 1. The molecule has 2 heterocycles. The number of hydrogen-bond donors (Lipinski definition) is 2. The number of carbonyl (C=O) groups excluding carboxylic acids is 1. The zero-order valence-electron chi connectivity index (χ0n) is 10.0. The molecule has 3 rings (SSSR count). The summed E-state index contributed by atoms with van der Waals surface area (Å²) in [6, 6.07) is 4.38. The Morgan fingerprint density at radius 2 is 2.22 bits per heavy atom. The van der Waals surface area contributed by atoms with Crippen LogP contribution in [0.2, 0.25) is 0 Å². The summed E-state index contributed by atoms with van der Waals surface area (Å²) in [5.41, 5.74) is 1.33. The van der Waals surface area contributed by atoms with Gasteiger partial charge in [0.05, 0.1) is 6.04 Å². The summed E-state index contributed by atoms with van der Waals surface area (Å²) in [4.78, 5) is 15.3. The first-order valence-corrected chi connectivity index (χ1v) is 6.30. The zero-order chi connectivity index (χ0) is 12.5. The number of nitrogens with one attached hydrogen (secondary N) is 2. The fourth-order valence-electron chi connectivity index (χ4n) is 2.57. The number of fused-ring (bicyclic) bond motifs is 1. The van der Waals surface area contributed by atoms with Crippen molar-refractivity contribution >= 4 is 16.7 Å². The Kier molecular flexibility index (Phi) is 2.88. The van der Waals surface area contributed by atoms with Crippen LogP contribution in [0.25, 0.3) is 10.9 Å². The fraction of sp³-hybridized carbons (Fsp3) is 0.357. The summed E-state index contributed by atoms with van der Waals surface area (Å²) in [6.45, 7) is 0.896. The third kappa shape index (κ3) is 1.93. The smallest absolute Gasteiger partial charge is 0.181 e. The Balaban J connectivity index is 1.96. The van der Waals surface area contributed by atoms with E-state index in [0.717, 1.165) is 31.2 Å². The first kappa shape index (κ1) is 11.4. The number of aromatic amines is 1. The minimum absolute atomic E-state index is 0.0946. The van der Waals surface area contributed by atoms with Gasteiger partial charge < -0.3 is 10.3 Å². The van der Waals surface area contributed by atoms with Gasteiger partial charge in [-0.15, -0.1) is 0 Å². The van der Waals surface area contributed by atoms with Gasteiger partial charge in [-0.05, 0) is 37.6 Å². The second-order valence-electron chi connectivity index (χ2n) is 4.76. The molecule has 2 aromatic rings. The molecule has 1 aliphatic heterocycles. The quantitative estimate of drug-likeness (QED) is 0.800. The Morgan fingerprint density at radius 1 is 1.33 bits per heavy atom. The van der Waals surface area contributed by atoms with Gasteiger partial charge in [-0.3, -0.25) is 4.79 Å². The number of aromatic nitrogens is 1. The number of halogens is 1. The van der Waals surface area contributed by atoms with E-state index < -0.39 is 0 Å². The normalized spacial score (nSPS) is 20.2. The summed E-state index contributed by atoms with van der Waals surface area (Å²) in [5, 5.41) is 4.05. The standard InChI is InChI=1S/C14H15FN2O/c15-9-4-5-10-11(8-17-13(10)7-9)14(18)12-3-1-2-6-16-12/h4-5,7-8,12,16-17H,1-3,6H2. The van der Waals surface area contributed by atoms with Gasteiger partial charge in [0.1, 0.15) is 5.82 Å².